The molecule has 3 N–H and O–H groups in total. The van der Waals surface area contributed by atoms with Gasteiger partial charge in [-0.2, -0.15) is 0 Å². The van der Waals surface area contributed by atoms with Gasteiger partial charge in [0.15, 0.2) is 6.04 Å². The summed E-state index contributed by atoms with van der Waals surface area (Å²) in [5.74, 6) is -1.06. The first-order valence-corrected chi connectivity index (χ1v) is 6.25. The number of urea groups is 1. The molecule has 1 heterocycles. The first-order valence-electron chi connectivity index (χ1n) is 5.37. The molecular formula is C11H16N2O3S. The molecule has 1 aromatic heterocycles. The van der Waals surface area contributed by atoms with Crippen molar-refractivity contribution >= 4 is 23.3 Å². The van der Waals surface area contributed by atoms with Crippen LogP contribution in [-0.2, 0) is 4.79 Å². The van der Waals surface area contributed by atoms with Crippen molar-refractivity contribution in [3.05, 3.63) is 22.4 Å². The molecule has 6 heteroatoms. The van der Waals surface area contributed by atoms with E-state index in [1.165, 1.54) is 11.3 Å². The number of nitrogens with one attached hydrogen (secondary N) is 2. The number of carboxylic acids is 1. The lowest BCUT2D eigenvalue weighted by Gasteiger charge is -2.16. The van der Waals surface area contributed by atoms with E-state index >= 15 is 0 Å². The molecule has 1 aromatic rings. The largest absolute Gasteiger partial charge is 0.479 e. The number of carbonyl (C=O) groups excluding carboxylic acids is 1. The standard InChI is InChI=1S/C11H16N2O3S/c1-3-7(2)12-11(16)13-9(10(14)15)8-5-4-6-17-8/h4-7,9H,3H2,1-2H3,(H,14,15)(H2,12,13,16). The van der Waals surface area contributed by atoms with E-state index in [0.29, 0.717) is 4.88 Å². The summed E-state index contributed by atoms with van der Waals surface area (Å²) in [6.07, 6.45) is 0.796. The van der Waals surface area contributed by atoms with Gasteiger partial charge in [0.25, 0.3) is 0 Å². The Morgan fingerprint density at radius 2 is 2.18 bits per heavy atom. The minimum absolute atomic E-state index is 0.0211. The highest BCUT2D eigenvalue weighted by atomic mass is 32.1. The van der Waals surface area contributed by atoms with E-state index in [1.54, 1.807) is 17.5 Å². The SMILES string of the molecule is CCC(C)NC(=O)NC(C(=O)O)c1cccs1. The Kier molecular flexibility index (Phi) is 4.96. The summed E-state index contributed by atoms with van der Waals surface area (Å²) in [4.78, 5) is 23.2. The molecule has 0 saturated carbocycles. The van der Waals surface area contributed by atoms with E-state index in [9.17, 15) is 9.59 Å². The van der Waals surface area contributed by atoms with Gasteiger partial charge in [0.2, 0.25) is 0 Å². The molecule has 0 radical (unpaired) electrons. The molecule has 5 nitrogen and oxygen atoms in total. The van der Waals surface area contributed by atoms with Crippen LogP contribution >= 0.6 is 11.3 Å². The Morgan fingerprint density at radius 1 is 1.47 bits per heavy atom. The first-order chi connectivity index (χ1) is 8.04. The van der Waals surface area contributed by atoms with Gasteiger partial charge < -0.3 is 15.7 Å². The Balaban J connectivity index is 2.62. The summed E-state index contributed by atoms with van der Waals surface area (Å²) in [6, 6.07) is 2.02. The van der Waals surface area contributed by atoms with Crippen LogP contribution in [0, 0.1) is 0 Å². The molecule has 0 bridgehead atoms. The Labute approximate surface area is 104 Å². The predicted octanol–water partition coefficient (Wildman–Crippen LogP) is 1.97. The second kappa shape index (κ2) is 6.24. The maximum atomic E-state index is 11.5. The lowest BCUT2D eigenvalue weighted by atomic mass is 10.2. The van der Waals surface area contributed by atoms with E-state index in [1.807, 2.05) is 13.8 Å². The van der Waals surface area contributed by atoms with Crippen LogP contribution < -0.4 is 10.6 Å². The number of aliphatic carboxylic acids is 1. The number of amides is 2. The molecule has 0 spiro atoms. The molecule has 0 aliphatic carbocycles. The van der Waals surface area contributed by atoms with E-state index in [0.717, 1.165) is 6.42 Å². The van der Waals surface area contributed by atoms with Gasteiger partial charge in [-0.15, -0.1) is 11.3 Å². The fraction of sp³-hybridized carbons (Fsp3) is 0.455. The van der Waals surface area contributed by atoms with E-state index in [-0.39, 0.29) is 6.04 Å². The van der Waals surface area contributed by atoms with Gasteiger partial charge in [0, 0.05) is 10.9 Å². The molecule has 0 aliphatic rings. The summed E-state index contributed by atoms with van der Waals surface area (Å²) >= 11 is 1.30. The Hall–Kier alpha value is -1.56. The fourth-order valence-corrected chi connectivity index (χ4v) is 1.98. The van der Waals surface area contributed by atoms with Crippen LogP contribution in [0.4, 0.5) is 4.79 Å². The molecule has 0 aliphatic heterocycles. The van der Waals surface area contributed by atoms with E-state index in [4.69, 9.17) is 5.11 Å². The minimum atomic E-state index is -1.06. The van der Waals surface area contributed by atoms with Gasteiger partial charge in [-0.1, -0.05) is 13.0 Å². The molecule has 17 heavy (non-hydrogen) atoms. The molecule has 1 rings (SSSR count). The maximum absolute atomic E-state index is 11.5. The number of thiophene rings is 1. The fourth-order valence-electron chi connectivity index (χ4n) is 1.21. The zero-order valence-electron chi connectivity index (χ0n) is 9.77. The second-order valence-corrected chi connectivity index (χ2v) is 4.69. The van der Waals surface area contributed by atoms with Crippen LogP contribution in [0.2, 0.25) is 0 Å². The third kappa shape index (κ3) is 4.07. The quantitative estimate of drug-likeness (QED) is 0.753. The average molecular weight is 256 g/mol. The van der Waals surface area contributed by atoms with Gasteiger partial charge in [0.1, 0.15) is 0 Å². The molecule has 2 atom stereocenters. The predicted molar refractivity (Wildman–Crippen MR) is 66.1 cm³/mol. The minimum Gasteiger partial charge on any atom is -0.479 e. The number of rotatable bonds is 5. The van der Waals surface area contributed by atoms with Crippen molar-refractivity contribution < 1.29 is 14.7 Å². The van der Waals surface area contributed by atoms with Crippen molar-refractivity contribution in [3.8, 4) is 0 Å². The van der Waals surface area contributed by atoms with Crippen molar-refractivity contribution in [1.82, 2.24) is 10.6 Å². The van der Waals surface area contributed by atoms with E-state index in [2.05, 4.69) is 10.6 Å². The second-order valence-electron chi connectivity index (χ2n) is 3.71. The summed E-state index contributed by atoms with van der Waals surface area (Å²) in [5, 5.41) is 15.9. The summed E-state index contributed by atoms with van der Waals surface area (Å²) in [5.41, 5.74) is 0. The molecule has 0 aromatic carbocycles. The van der Waals surface area contributed by atoms with Gasteiger partial charge >= 0.3 is 12.0 Å². The monoisotopic (exact) mass is 256 g/mol. The Morgan fingerprint density at radius 3 is 2.65 bits per heavy atom. The van der Waals surface area contributed by atoms with Crippen LogP contribution in [0.15, 0.2) is 17.5 Å². The van der Waals surface area contributed by atoms with Crippen LogP contribution in [0.25, 0.3) is 0 Å². The molecule has 2 amide bonds. The Bertz CT molecular complexity index is 378. The van der Waals surface area contributed by atoms with Crippen LogP contribution in [-0.4, -0.2) is 23.1 Å². The lowest BCUT2D eigenvalue weighted by molar-refractivity contribution is -0.139. The van der Waals surface area contributed by atoms with Gasteiger partial charge in [-0.05, 0) is 24.8 Å². The van der Waals surface area contributed by atoms with Gasteiger partial charge in [0.05, 0.1) is 0 Å². The summed E-state index contributed by atoms with van der Waals surface area (Å²) in [6.45, 7) is 3.80. The van der Waals surface area contributed by atoms with Crippen molar-refractivity contribution in [3.63, 3.8) is 0 Å². The van der Waals surface area contributed by atoms with Crippen LogP contribution in [0.3, 0.4) is 0 Å². The zero-order valence-corrected chi connectivity index (χ0v) is 10.6. The molecule has 0 fully saturated rings. The molecule has 2 unspecified atom stereocenters. The highest BCUT2D eigenvalue weighted by Crippen LogP contribution is 2.18. The van der Waals surface area contributed by atoms with Gasteiger partial charge in [-0.25, -0.2) is 9.59 Å². The highest BCUT2D eigenvalue weighted by molar-refractivity contribution is 7.10. The average Bonchev–Trinajstić information content (AvgIpc) is 2.78. The smallest absolute Gasteiger partial charge is 0.331 e. The third-order valence-electron chi connectivity index (χ3n) is 2.34. The lowest BCUT2D eigenvalue weighted by Crippen LogP contribution is -2.43. The third-order valence-corrected chi connectivity index (χ3v) is 3.28. The summed E-state index contributed by atoms with van der Waals surface area (Å²) < 4.78 is 0. The van der Waals surface area contributed by atoms with Crippen molar-refractivity contribution in [2.45, 2.75) is 32.4 Å². The van der Waals surface area contributed by atoms with Crippen LogP contribution in [0.1, 0.15) is 31.2 Å². The number of carbonyl (C=O) groups is 2. The normalized spacial score (nSPS) is 13.8. The summed E-state index contributed by atoms with van der Waals surface area (Å²) in [7, 11) is 0. The number of hydrogen-bond donors (Lipinski definition) is 3. The zero-order chi connectivity index (χ0) is 12.8. The first kappa shape index (κ1) is 13.5. The number of carboxylic acid groups (broad SMARTS) is 1. The van der Waals surface area contributed by atoms with Gasteiger partial charge in [-0.3, -0.25) is 0 Å². The molecule has 0 saturated heterocycles. The molecular weight excluding hydrogens is 240 g/mol. The molecule has 94 valence electrons. The highest BCUT2D eigenvalue weighted by Gasteiger charge is 2.23. The van der Waals surface area contributed by atoms with Crippen molar-refractivity contribution in [2.75, 3.05) is 0 Å². The van der Waals surface area contributed by atoms with Crippen molar-refractivity contribution in [2.24, 2.45) is 0 Å². The topological polar surface area (TPSA) is 78.4 Å². The van der Waals surface area contributed by atoms with Crippen LogP contribution in [0.5, 0.6) is 0 Å². The van der Waals surface area contributed by atoms with E-state index < -0.39 is 18.0 Å². The van der Waals surface area contributed by atoms with Crippen molar-refractivity contribution in [1.29, 1.82) is 0 Å². The number of hydrogen-bond acceptors (Lipinski definition) is 3. The maximum Gasteiger partial charge on any atom is 0.331 e.